The van der Waals surface area contributed by atoms with E-state index in [4.69, 9.17) is 0 Å². The van der Waals surface area contributed by atoms with Crippen molar-refractivity contribution in [3.8, 4) is 0 Å². The van der Waals surface area contributed by atoms with Crippen LogP contribution in [0.1, 0.15) is 38.5 Å². The van der Waals surface area contributed by atoms with E-state index in [0.717, 1.165) is 38.6 Å². The van der Waals surface area contributed by atoms with E-state index in [9.17, 15) is 14.7 Å². The lowest BCUT2D eigenvalue weighted by molar-refractivity contribution is -0.140. The molecule has 2 amide bonds. The van der Waals surface area contributed by atoms with Crippen molar-refractivity contribution in [2.45, 2.75) is 44.1 Å². The summed E-state index contributed by atoms with van der Waals surface area (Å²) in [4.78, 5) is 29.2. The molecular weight excluding hydrogens is 270 g/mol. The van der Waals surface area contributed by atoms with Crippen molar-refractivity contribution >= 4 is 12.0 Å². The smallest absolute Gasteiger partial charge is 0.320 e. The van der Waals surface area contributed by atoms with Crippen molar-refractivity contribution in [1.29, 1.82) is 0 Å². The molecule has 0 atom stereocenters. The van der Waals surface area contributed by atoms with Crippen LogP contribution in [0.4, 0.5) is 4.79 Å². The van der Waals surface area contributed by atoms with Crippen molar-refractivity contribution in [2.75, 3.05) is 41.3 Å². The zero-order chi connectivity index (χ0) is 16.0. The third-order valence-corrected chi connectivity index (χ3v) is 4.47. The Morgan fingerprint density at radius 1 is 1.00 bits per heavy atom. The second-order valence-corrected chi connectivity index (χ2v) is 6.42. The summed E-state index contributed by atoms with van der Waals surface area (Å²) < 4.78 is 0. The minimum Gasteiger partial charge on any atom is -0.481 e. The van der Waals surface area contributed by atoms with E-state index in [2.05, 4.69) is 0 Å². The van der Waals surface area contributed by atoms with Crippen molar-refractivity contribution in [1.82, 2.24) is 14.7 Å². The Balaban J connectivity index is 2.76. The molecule has 0 aromatic carbocycles. The highest BCUT2D eigenvalue weighted by molar-refractivity contribution is 5.76. The molecule has 0 spiro atoms. The van der Waals surface area contributed by atoms with E-state index >= 15 is 0 Å². The lowest BCUT2D eigenvalue weighted by atomic mass is 9.78. The van der Waals surface area contributed by atoms with E-state index in [1.165, 1.54) is 0 Å². The van der Waals surface area contributed by atoms with Gasteiger partial charge in [-0.15, -0.1) is 0 Å². The molecule has 21 heavy (non-hydrogen) atoms. The fourth-order valence-corrected chi connectivity index (χ4v) is 3.03. The average molecular weight is 299 g/mol. The van der Waals surface area contributed by atoms with Crippen molar-refractivity contribution in [3.05, 3.63) is 0 Å². The second-order valence-electron chi connectivity index (χ2n) is 6.42. The Hall–Kier alpha value is -1.30. The van der Waals surface area contributed by atoms with Crippen LogP contribution in [-0.2, 0) is 4.79 Å². The molecule has 0 bridgehead atoms. The van der Waals surface area contributed by atoms with E-state index in [-0.39, 0.29) is 12.5 Å². The summed E-state index contributed by atoms with van der Waals surface area (Å²) in [6, 6.07) is -0.0833. The molecule has 1 aliphatic carbocycles. The molecule has 0 aromatic rings. The van der Waals surface area contributed by atoms with Gasteiger partial charge in [-0.25, -0.2) is 4.79 Å². The molecule has 0 aromatic heterocycles. The molecule has 6 nitrogen and oxygen atoms in total. The Labute approximate surface area is 127 Å². The van der Waals surface area contributed by atoms with Crippen molar-refractivity contribution < 1.29 is 14.7 Å². The Bertz CT molecular complexity index is 365. The van der Waals surface area contributed by atoms with Gasteiger partial charge >= 0.3 is 12.0 Å². The van der Waals surface area contributed by atoms with Gasteiger partial charge in [0.1, 0.15) is 0 Å². The highest BCUT2D eigenvalue weighted by atomic mass is 16.4. The third kappa shape index (κ3) is 4.88. The Morgan fingerprint density at radius 2 is 1.57 bits per heavy atom. The first-order valence-corrected chi connectivity index (χ1v) is 7.64. The number of carboxylic acids is 1. The number of likely N-dealkylation sites (N-methyl/N-ethyl adjacent to an activating group) is 2. The predicted molar refractivity (Wildman–Crippen MR) is 82.4 cm³/mol. The number of aliphatic carboxylic acids is 1. The monoisotopic (exact) mass is 299 g/mol. The SMILES string of the molecule is CN(C)CCN(C)C(=O)N(C)C1(CC(=O)O)CCCCC1. The second kappa shape index (κ2) is 7.64. The largest absolute Gasteiger partial charge is 0.481 e. The zero-order valence-corrected chi connectivity index (χ0v) is 13.8. The topological polar surface area (TPSA) is 64.1 Å². The molecule has 1 N–H and O–H groups in total. The van der Waals surface area contributed by atoms with E-state index in [1.807, 2.05) is 19.0 Å². The minimum atomic E-state index is -0.826. The van der Waals surface area contributed by atoms with Crippen LogP contribution in [0.3, 0.4) is 0 Å². The fourth-order valence-electron chi connectivity index (χ4n) is 3.03. The summed E-state index contributed by atoms with van der Waals surface area (Å²) in [7, 11) is 7.46. The number of carboxylic acid groups (broad SMARTS) is 1. The van der Waals surface area contributed by atoms with E-state index in [0.29, 0.717) is 6.54 Å². The lowest BCUT2D eigenvalue weighted by Gasteiger charge is -2.45. The first-order chi connectivity index (χ1) is 9.78. The van der Waals surface area contributed by atoms with Gasteiger partial charge in [0.05, 0.1) is 12.0 Å². The molecule has 0 saturated heterocycles. The van der Waals surface area contributed by atoms with Gasteiger partial charge in [0.15, 0.2) is 0 Å². The fraction of sp³-hybridized carbons (Fsp3) is 0.867. The minimum absolute atomic E-state index is 0.0385. The normalized spacial score (nSPS) is 17.6. The highest BCUT2D eigenvalue weighted by Gasteiger charge is 2.41. The molecule has 1 aliphatic rings. The first kappa shape index (κ1) is 17.8. The summed E-state index contributed by atoms with van der Waals surface area (Å²) in [5, 5.41) is 9.22. The summed E-state index contributed by atoms with van der Waals surface area (Å²) in [6.07, 6.45) is 4.71. The maximum Gasteiger partial charge on any atom is 0.320 e. The van der Waals surface area contributed by atoms with E-state index in [1.54, 1.807) is 23.9 Å². The molecule has 0 heterocycles. The number of amides is 2. The van der Waals surface area contributed by atoms with E-state index < -0.39 is 11.5 Å². The van der Waals surface area contributed by atoms with Gasteiger partial charge in [-0.3, -0.25) is 4.79 Å². The summed E-state index contributed by atoms with van der Waals surface area (Å²) in [5.41, 5.74) is -0.520. The Kier molecular flexibility index (Phi) is 6.45. The standard InChI is InChI=1S/C15H29N3O3/c1-16(2)10-11-17(3)14(21)18(4)15(12-13(19)20)8-6-5-7-9-15/h5-12H2,1-4H3,(H,19,20). The lowest BCUT2D eigenvalue weighted by Crippen LogP contribution is -2.55. The van der Waals surface area contributed by atoms with Crippen LogP contribution in [-0.4, -0.2) is 78.6 Å². The maximum absolute atomic E-state index is 12.6. The number of urea groups is 1. The predicted octanol–water partition coefficient (Wildman–Crippen LogP) is 1.71. The molecule has 0 radical (unpaired) electrons. The van der Waals surface area contributed by atoms with Gasteiger partial charge in [-0.2, -0.15) is 0 Å². The van der Waals surface area contributed by atoms with Crippen LogP contribution in [0, 0.1) is 0 Å². The van der Waals surface area contributed by atoms with Crippen molar-refractivity contribution in [2.24, 2.45) is 0 Å². The van der Waals surface area contributed by atoms with Crippen molar-refractivity contribution in [3.63, 3.8) is 0 Å². The number of carbonyl (C=O) groups is 2. The zero-order valence-electron chi connectivity index (χ0n) is 13.8. The number of carbonyl (C=O) groups excluding carboxylic acids is 1. The molecular formula is C15H29N3O3. The molecule has 122 valence electrons. The Morgan fingerprint density at radius 3 is 2.05 bits per heavy atom. The third-order valence-electron chi connectivity index (χ3n) is 4.47. The van der Waals surface area contributed by atoms with Gasteiger partial charge in [-0.1, -0.05) is 19.3 Å². The summed E-state index contributed by atoms with van der Waals surface area (Å²) >= 11 is 0. The van der Waals surface area contributed by atoms with Gasteiger partial charge in [0, 0.05) is 27.2 Å². The van der Waals surface area contributed by atoms with Crippen LogP contribution in [0.15, 0.2) is 0 Å². The number of rotatable bonds is 6. The van der Waals surface area contributed by atoms with Crippen LogP contribution < -0.4 is 0 Å². The van der Waals surface area contributed by atoms with Gasteiger partial charge in [0.25, 0.3) is 0 Å². The summed E-state index contributed by atoms with van der Waals surface area (Å²) in [5.74, 6) is -0.826. The first-order valence-electron chi connectivity index (χ1n) is 7.64. The van der Waals surface area contributed by atoms with Crippen LogP contribution in [0.25, 0.3) is 0 Å². The molecule has 1 fully saturated rings. The number of nitrogens with zero attached hydrogens (tertiary/aromatic N) is 3. The highest BCUT2D eigenvalue weighted by Crippen LogP contribution is 2.36. The van der Waals surface area contributed by atoms with Gasteiger partial charge in [0.2, 0.25) is 0 Å². The number of hydrogen-bond donors (Lipinski definition) is 1. The molecule has 0 aliphatic heterocycles. The maximum atomic E-state index is 12.6. The van der Waals surface area contributed by atoms with Gasteiger partial charge < -0.3 is 19.8 Å². The van der Waals surface area contributed by atoms with Crippen LogP contribution in [0.5, 0.6) is 0 Å². The molecule has 1 saturated carbocycles. The van der Waals surface area contributed by atoms with Crippen LogP contribution >= 0.6 is 0 Å². The number of hydrogen-bond acceptors (Lipinski definition) is 3. The molecule has 1 rings (SSSR count). The average Bonchev–Trinajstić information content (AvgIpc) is 2.43. The molecule has 0 unspecified atom stereocenters. The molecule has 6 heteroatoms. The van der Waals surface area contributed by atoms with Gasteiger partial charge in [-0.05, 0) is 26.9 Å². The quantitative estimate of drug-likeness (QED) is 0.811. The van der Waals surface area contributed by atoms with Crippen LogP contribution in [0.2, 0.25) is 0 Å². The summed E-state index contributed by atoms with van der Waals surface area (Å²) in [6.45, 7) is 1.43.